The summed E-state index contributed by atoms with van der Waals surface area (Å²) in [5.41, 5.74) is -0.345. The molecule has 2 fully saturated rings. The number of aromatic nitrogens is 2. The second-order valence-corrected chi connectivity index (χ2v) is 5.54. The van der Waals surface area contributed by atoms with Crippen LogP contribution >= 0.6 is 0 Å². The highest BCUT2D eigenvalue weighted by atomic mass is 16.5. The molecule has 1 heterocycles. The number of aliphatic hydroxyl groups excluding tert-OH is 1. The molecular weight excluding hydrogens is 232 g/mol. The van der Waals surface area contributed by atoms with Gasteiger partial charge < -0.3 is 14.4 Å². The van der Waals surface area contributed by atoms with Gasteiger partial charge in [0.05, 0.1) is 6.10 Å². The van der Waals surface area contributed by atoms with E-state index in [9.17, 15) is 5.11 Å². The first-order chi connectivity index (χ1) is 8.73. The first-order valence-electron chi connectivity index (χ1n) is 6.81. The van der Waals surface area contributed by atoms with Crippen LogP contribution in [0.25, 0.3) is 0 Å². The minimum absolute atomic E-state index is 0.198. The molecule has 2 saturated carbocycles. The molecule has 5 nitrogen and oxygen atoms in total. The van der Waals surface area contributed by atoms with Crippen molar-refractivity contribution in [2.75, 3.05) is 7.11 Å². The molecular formula is C13H20N2O3. The summed E-state index contributed by atoms with van der Waals surface area (Å²) in [4.78, 5) is 4.52. The smallest absolute Gasteiger partial charge is 0.230 e. The van der Waals surface area contributed by atoms with E-state index in [0.717, 1.165) is 38.5 Å². The molecule has 0 atom stereocenters. The van der Waals surface area contributed by atoms with Crippen LogP contribution in [-0.2, 0) is 10.3 Å². The van der Waals surface area contributed by atoms with Crippen LogP contribution < -0.4 is 0 Å². The minimum Gasteiger partial charge on any atom is -0.393 e. The molecule has 2 aliphatic rings. The molecule has 0 aliphatic heterocycles. The van der Waals surface area contributed by atoms with Crippen LogP contribution in [0.4, 0.5) is 0 Å². The summed E-state index contributed by atoms with van der Waals surface area (Å²) in [6.45, 7) is 0. The number of rotatable bonds is 3. The van der Waals surface area contributed by atoms with E-state index in [1.165, 1.54) is 6.42 Å². The van der Waals surface area contributed by atoms with Crippen LogP contribution in [0.2, 0.25) is 0 Å². The first-order valence-corrected chi connectivity index (χ1v) is 6.81. The second-order valence-electron chi connectivity index (χ2n) is 5.54. The average molecular weight is 252 g/mol. The Bertz CT molecular complexity index is 406. The Balaban J connectivity index is 1.78. The van der Waals surface area contributed by atoms with E-state index in [2.05, 4.69) is 10.1 Å². The van der Waals surface area contributed by atoms with Crippen molar-refractivity contribution in [2.24, 2.45) is 0 Å². The van der Waals surface area contributed by atoms with Crippen LogP contribution in [0.15, 0.2) is 4.52 Å². The van der Waals surface area contributed by atoms with E-state index in [1.807, 2.05) is 0 Å². The Morgan fingerprint density at radius 1 is 1.28 bits per heavy atom. The predicted octanol–water partition coefficient (Wildman–Crippen LogP) is 2.11. The molecule has 2 aliphatic carbocycles. The van der Waals surface area contributed by atoms with Gasteiger partial charge in [-0.15, -0.1) is 0 Å². The zero-order chi connectivity index (χ0) is 12.6. The Morgan fingerprint density at radius 2 is 2.00 bits per heavy atom. The van der Waals surface area contributed by atoms with Crippen molar-refractivity contribution in [1.82, 2.24) is 10.1 Å². The molecule has 5 heteroatoms. The van der Waals surface area contributed by atoms with E-state index < -0.39 is 0 Å². The largest absolute Gasteiger partial charge is 0.393 e. The summed E-state index contributed by atoms with van der Waals surface area (Å²) in [5, 5.41) is 13.4. The van der Waals surface area contributed by atoms with Gasteiger partial charge >= 0.3 is 0 Å². The molecule has 1 aromatic rings. The zero-order valence-electron chi connectivity index (χ0n) is 10.8. The first kappa shape index (κ1) is 12.1. The lowest BCUT2D eigenvalue weighted by molar-refractivity contribution is -0.0527. The third-order valence-electron chi connectivity index (χ3n) is 4.36. The molecule has 0 spiro atoms. The summed E-state index contributed by atoms with van der Waals surface area (Å²) in [7, 11) is 1.73. The van der Waals surface area contributed by atoms with Crippen molar-refractivity contribution in [1.29, 1.82) is 0 Å². The van der Waals surface area contributed by atoms with E-state index in [4.69, 9.17) is 9.26 Å². The standard InChI is InChI=1S/C13H20N2O3/c1-17-13(5-3-2-4-6-13)12-14-11(18-15-12)9-7-10(16)8-9/h9-10,16H,2-8H2,1H3. The van der Waals surface area contributed by atoms with Gasteiger partial charge in [-0.25, -0.2) is 0 Å². The monoisotopic (exact) mass is 252 g/mol. The van der Waals surface area contributed by atoms with E-state index >= 15 is 0 Å². The predicted molar refractivity (Wildman–Crippen MR) is 64.1 cm³/mol. The van der Waals surface area contributed by atoms with E-state index in [0.29, 0.717) is 11.7 Å². The van der Waals surface area contributed by atoms with Gasteiger partial charge in [-0.3, -0.25) is 0 Å². The molecule has 0 radical (unpaired) electrons. The molecule has 0 bridgehead atoms. The summed E-state index contributed by atoms with van der Waals surface area (Å²) < 4.78 is 11.0. The van der Waals surface area contributed by atoms with E-state index in [1.54, 1.807) is 7.11 Å². The van der Waals surface area contributed by atoms with Gasteiger partial charge in [0.2, 0.25) is 11.7 Å². The van der Waals surface area contributed by atoms with Crippen LogP contribution in [0.1, 0.15) is 62.6 Å². The van der Waals surface area contributed by atoms with Crippen LogP contribution in [0, 0.1) is 0 Å². The highest BCUT2D eigenvalue weighted by Crippen LogP contribution is 2.41. The second kappa shape index (κ2) is 4.63. The molecule has 3 rings (SSSR count). The Labute approximate surface area is 107 Å². The fourth-order valence-corrected chi connectivity index (χ4v) is 3.02. The fraction of sp³-hybridized carbons (Fsp3) is 0.846. The SMILES string of the molecule is COC1(c2noc(C3CC(O)C3)n2)CCCCC1. The van der Waals surface area contributed by atoms with Crippen LogP contribution in [-0.4, -0.2) is 28.5 Å². The Hall–Kier alpha value is -0.940. The highest BCUT2D eigenvalue weighted by molar-refractivity contribution is 5.07. The highest BCUT2D eigenvalue weighted by Gasteiger charge is 2.40. The normalized spacial score (nSPS) is 31.0. The third-order valence-corrected chi connectivity index (χ3v) is 4.36. The minimum atomic E-state index is -0.345. The van der Waals surface area contributed by atoms with Gasteiger partial charge in [-0.1, -0.05) is 24.4 Å². The molecule has 18 heavy (non-hydrogen) atoms. The maximum absolute atomic E-state index is 9.32. The number of hydrogen-bond donors (Lipinski definition) is 1. The molecule has 0 amide bonds. The maximum atomic E-state index is 9.32. The van der Waals surface area contributed by atoms with Crippen molar-refractivity contribution < 1.29 is 14.4 Å². The van der Waals surface area contributed by atoms with Gasteiger partial charge in [-0.2, -0.15) is 4.98 Å². The molecule has 0 saturated heterocycles. The average Bonchev–Trinajstić information content (AvgIpc) is 2.85. The number of hydrogen-bond acceptors (Lipinski definition) is 5. The number of nitrogens with zero attached hydrogens (tertiary/aromatic N) is 2. The number of aliphatic hydroxyl groups is 1. The quantitative estimate of drug-likeness (QED) is 0.892. The van der Waals surface area contributed by atoms with Crippen molar-refractivity contribution in [3.05, 3.63) is 11.7 Å². The van der Waals surface area contributed by atoms with Crippen LogP contribution in [0.3, 0.4) is 0 Å². The Kier molecular flexibility index (Phi) is 3.11. The molecule has 1 aromatic heterocycles. The Morgan fingerprint density at radius 3 is 2.61 bits per heavy atom. The van der Waals surface area contributed by atoms with Crippen molar-refractivity contribution in [3.63, 3.8) is 0 Å². The fourth-order valence-electron chi connectivity index (χ4n) is 3.02. The lowest BCUT2D eigenvalue weighted by Crippen LogP contribution is -2.32. The summed E-state index contributed by atoms with van der Waals surface area (Å²) >= 11 is 0. The molecule has 0 aromatic carbocycles. The number of ether oxygens (including phenoxy) is 1. The third kappa shape index (κ3) is 1.95. The van der Waals surface area contributed by atoms with Gasteiger partial charge in [0.25, 0.3) is 0 Å². The zero-order valence-corrected chi connectivity index (χ0v) is 10.8. The molecule has 100 valence electrons. The molecule has 1 N–H and O–H groups in total. The summed E-state index contributed by atoms with van der Waals surface area (Å²) in [5.74, 6) is 1.59. The lowest BCUT2D eigenvalue weighted by atomic mass is 9.82. The van der Waals surface area contributed by atoms with Gasteiger partial charge in [-0.05, 0) is 25.7 Å². The topological polar surface area (TPSA) is 68.4 Å². The summed E-state index contributed by atoms with van der Waals surface area (Å²) in [6.07, 6.45) is 6.77. The van der Waals surface area contributed by atoms with Crippen molar-refractivity contribution in [3.8, 4) is 0 Å². The van der Waals surface area contributed by atoms with Gasteiger partial charge in [0, 0.05) is 13.0 Å². The number of methoxy groups -OCH3 is 1. The van der Waals surface area contributed by atoms with E-state index in [-0.39, 0.29) is 17.6 Å². The van der Waals surface area contributed by atoms with Gasteiger partial charge in [0.15, 0.2) is 0 Å². The van der Waals surface area contributed by atoms with Crippen molar-refractivity contribution >= 4 is 0 Å². The van der Waals surface area contributed by atoms with Gasteiger partial charge in [0.1, 0.15) is 5.60 Å². The van der Waals surface area contributed by atoms with Crippen molar-refractivity contribution in [2.45, 2.75) is 62.6 Å². The molecule has 0 unspecified atom stereocenters. The lowest BCUT2D eigenvalue weighted by Gasteiger charge is -2.33. The maximum Gasteiger partial charge on any atom is 0.230 e. The summed E-state index contributed by atoms with van der Waals surface area (Å²) in [6, 6.07) is 0. The van der Waals surface area contributed by atoms with Crippen LogP contribution in [0.5, 0.6) is 0 Å².